The Labute approximate surface area is 120 Å². The first-order valence-electron chi connectivity index (χ1n) is 6.87. The van der Waals surface area contributed by atoms with Crippen LogP contribution in [0.2, 0.25) is 0 Å². The van der Waals surface area contributed by atoms with Crippen LogP contribution < -0.4 is 5.56 Å². The first-order chi connectivity index (χ1) is 10.2. The monoisotopic (exact) mass is 278 g/mol. The van der Waals surface area contributed by atoms with Gasteiger partial charge in [0.05, 0.1) is 23.0 Å². The normalized spacial score (nSPS) is 11.7. The summed E-state index contributed by atoms with van der Waals surface area (Å²) in [4.78, 5) is 12.7. The smallest absolute Gasteiger partial charge is 0.279 e. The van der Waals surface area contributed by atoms with Crippen LogP contribution in [0.3, 0.4) is 0 Å². The molecule has 4 nitrogen and oxygen atoms in total. The second-order valence-corrected chi connectivity index (χ2v) is 5.19. The predicted molar refractivity (Wildman–Crippen MR) is 82.8 cm³/mol. The number of hydrogen-bond donors (Lipinski definition) is 1. The number of para-hydroxylation sites is 2. The van der Waals surface area contributed by atoms with Gasteiger partial charge in [0.15, 0.2) is 0 Å². The van der Waals surface area contributed by atoms with Gasteiger partial charge in [0, 0.05) is 16.6 Å². The van der Waals surface area contributed by atoms with Gasteiger partial charge in [0.2, 0.25) is 0 Å². The molecule has 0 fully saturated rings. The molecule has 4 heteroatoms. The lowest BCUT2D eigenvalue weighted by molar-refractivity contribution is 0.281. The van der Waals surface area contributed by atoms with Gasteiger partial charge < -0.3 is 5.11 Å². The number of fused-ring (bicyclic) bond motifs is 5. The molecule has 4 rings (SSSR count). The number of nitrogens with zero attached hydrogens (tertiary/aromatic N) is 2. The van der Waals surface area contributed by atoms with Crippen LogP contribution in [0.1, 0.15) is 11.3 Å². The van der Waals surface area contributed by atoms with Crippen molar-refractivity contribution in [1.29, 1.82) is 0 Å². The number of aliphatic hydroxyl groups is 1. The highest BCUT2D eigenvalue weighted by Crippen LogP contribution is 2.24. The average molecular weight is 278 g/mol. The third-order valence-electron chi connectivity index (χ3n) is 4.12. The van der Waals surface area contributed by atoms with Gasteiger partial charge in [-0.2, -0.15) is 0 Å². The zero-order valence-corrected chi connectivity index (χ0v) is 11.6. The maximum Gasteiger partial charge on any atom is 0.279 e. The van der Waals surface area contributed by atoms with Gasteiger partial charge in [-0.25, -0.2) is 9.03 Å². The van der Waals surface area contributed by atoms with Gasteiger partial charge in [-0.3, -0.25) is 4.79 Å². The van der Waals surface area contributed by atoms with E-state index in [-0.39, 0.29) is 12.2 Å². The van der Waals surface area contributed by atoms with Crippen LogP contribution in [-0.4, -0.2) is 14.1 Å². The number of aromatic nitrogens is 2. The van der Waals surface area contributed by atoms with Gasteiger partial charge in [-0.05, 0) is 25.1 Å². The van der Waals surface area contributed by atoms with Crippen molar-refractivity contribution in [1.82, 2.24) is 9.03 Å². The van der Waals surface area contributed by atoms with Gasteiger partial charge >= 0.3 is 0 Å². The Morgan fingerprint density at radius 1 is 0.905 bits per heavy atom. The molecule has 0 aliphatic heterocycles. The highest BCUT2D eigenvalue weighted by atomic mass is 16.3. The SMILES string of the molecule is Cc1c(CO)c2ccccc2n2c3ccccc3c(=O)n12. The number of benzene rings is 2. The predicted octanol–water partition coefficient (Wildman–Crippen LogP) is 2.51. The van der Waals surface area contributed by atoms with E-state index in [1.807, 2.05) is 60.0 Å². The van der Waals surface area contributed by atoms with E-state index < -0.39 is 0 Å². The largest absolute Gasteiger partial charge is 0.392 e. The Morgan fingerprint density at radius 3 is 2.14 bits per heavy atom. The summed E-state index contributed by atoms with van der Waals surface area (Å²) in [6.07, 6.45) is 0. The minimum absolute atomic E-state index is 0.0523. The van der Waals surface area contributed by atoms with E-state index in [2.05, 4.69) is 0 Å². The molecule has 0 unspecified atom stereocenters. The summed E-state index contributed by atoms with van der Waals surface area (Å²) in [5, 5.41) is 11.4. The Bertz CT molecular complexity index is 1060. The summed E-state index contributed by atoms with van der Waals surface area (Å²) < 4.78 is 3.58. The Hall–Kier alpha value is -2.59. The molecular weight excluding hydrogens is 264 g/mol. The first-order valence-corrected chi connectivity index (χ1v) is 6.87. The van der Waals surface area contributed by atoms with Crippen molar-refractivity contribution in [2.24, 2.45) is 0 Å². The molecule has 0 saturated heterocycles. The van der Waals surface area contributed by atoms with Gasteiger partial charge in [0.1, 0.15) is 0 Å². The maximum atomic E-state index is 12.7. The van der Waals surface area contributed by atoms with Crippen molar-refractivity contribution >= 4 is 21.8 Å². The molecule has 0 saturated carbocycles. The summed E-state index contributed by atoms with van der Waals surface area (Å²) in [6, 6.07) is 15.4. The highest BCUT2D eigenvalue weighted by Gasteiger charge is 2.16. The Kier molecular flexibility index (Phi) is 2.43. The second-order valence-electron chi connectivity index (χ2n) is 5.19. The van der Waals surface area contributed by atoms with Gasteiger partial charge in [-0.1, -0.05) is 30.3 Å². The molecule has 0 bridgehead atoms. The van der Waals surface area contributed by atoms with Crippen molar-refractivity contribution in [2.45, 2.75) is 13.5 Å². The zero-order chi connectivity index (χ0) is 14.6. The fourth-order valence-corrected chi connectivity index (χ4v) is 3.13. The molecule has 104 valence electrons. The van der Waals surface area contributed by atoms with E-state index in [4.69, 9.17) is 0 Å². The van der Waals surface area contributed by atoms with Crippen LogP contribution in [0.15, 0.2) is 53.3 Å². The number of aliphatic hydroxyl groups excluding tert-OH is 1. The fourth-order valence-electron chi connectivity index (χ4n) is 3.13. The molecule has 4 aromatic rings. The molecule has 2 heterocycles. The maximum absolute atomic E-state index is 12.7. The van der Waals surface area contributed by atoms with Crippen LogP contribution >= 0.6 is 0 Å². The average Bonchev–Trinajstić information content (AvgIpc) is 2.82. The lowest BCUT2D eigenvalue weighted by Crippen LogP contribution is -2.17. The fraction of sp³-hybridized carbons (Fsp3) is 0.118. The van der Waals surface area contributed by atoms with Gasteiger partial charge in [0.25, 0.3) is 5.56 Å². The van der Waals surface area contributed by atoms with E-state index in [9.17, 15) is 9.90 Å². The van der Waals surface area contributed by atoms with E-state index >= 15 is 0 Å². The lowest BCUT2D eigenvalue weighted by atomic mass is 10.1. The van der Waals surface area contributed by atoms with Crippen molar-refractivity contribution < 1.29 is 5.11 Å². The molecule has 0 radical (unpaired) electrons. The third kappa shape index (κ3) is 1.45. The number of hydrogen-bond acceptors (Lipinski definition) is 2. The van der Waals surface area contributed by atoms with E-state index in [1.165, 1.54) is 0 Å². The minimum atomic E-state index is -0.0865. The summed E-state index contributed by atoms with van der Waals surface area (Å²) in [5.74, 6) is 0. The summed E-state index contributed by atoms with van der Waals surface area (Å²) in [5.41, 5.74) is 3.32. The second kappa shape index (κ2) is 4.20. The van der Waals surface area contributed by atoms with Crippen LogP contribution in [0.5, 0.6) is 0 Å². The van der Waals surface area contributed by atoms with Crippen LogP contribution in [0.4, 0.5) is 0 Å². The van der Waals surface area contributed by atoms with Crippen molar-refractivity contribution in [3.8, 4) is 0 Å². The Balaban J connectivity index is 2.46. The first kappa shape index (κ1) is 12.2. The number of rotatable bonds is 1. The molecular formula is C17H14N2O2. The van der Waals surface area contributed by atoms with Crippen LogP contribution in [-0.2, 0) is 6.61 Å². The molecule has 2 aromatic heterocycles. The summed E-state index contributed by atoms with van der Waals surface area (Å²) in [6.45, 7) is 1.79. The van der Waals surface area contributed by atoms with Crippen LogP contribution in [0.25, 0.3) is 21.8 Å². The minimum Gasteiger partial charge on any atom is -0.392 e. The van der Waals surface area contributed by atoms with Crippen molar-refractivity contribution in [2.75, 3.05) is 0 Å². The standard InChI is InChI=1S/C17H14N2O2/c1-11-14(10-20)12-6-2-4-8-15(12)19-16-9-5-3-7-13(16)17(21)18(11)19/h2-9,20H,10H2,1H3. The molecule has 2 aromatic carbocycles. The molecule has 0 atom stereocenters. The molecule has 0 aliphatic rings. The molecule has 1 N–H and O–H groups in total. The summed E-state index contributed by atoms with van der Waals surface area (Å²) in [7, 11) is 0. The molecule has 21 heavy (non-hydrogen) atoms. The van der Waals surface area contributed by atoms with E-state index in [1.54, 1.807) is 4.52 Å². The van der Waals surface area contributed by atoms with Crippen LogP contribution in [0, 0.1) is 6.92 Å². The van der Waals surface area contributed by atoms with Crippen molar-refractivity contribution in [3.63, 3.8) is 0 Å². The summed E-state index contributed by atoms with van der Waals surface area (Å²) >= 11 is 0. The van der Waals surface area contributed by atoms with Crippen molar-refractivity contribution in [3.05, 3.63) is 70.1 Å². The highest BCUT2D eigenvalue weighted by molar-refractivity contribution is 5.88. The number of aryl methyl sites for hydroxylation is 1. The topological polar surface area (TPSA) is 46.1 Å². The zero-order valence-electron chi connectivity index (χ0n) is 11.6. The lowest BCUT2D eigenvalue weighted by Gasteiger charge is -2.13. The van der Waals surface area contributed by atoms with E-state index in [0.29, 0.717) is 5.39 Å². The quantitative estimate of drug-likeness (QED) is 0.581. The van der Waals surface area contributed by atoms with E-state index in [0.717, 1.165) is 27.7 Å². The molecule has 0 aliphatic carbocycles. The third-order valence-corrected chi connectivity index (χ3v) is 4.12. The molecule has 0 spiro atoms. The Morgan fingerprint density at radius 2 is 1.48 bits per heavy atom. The van der Waals surface area contributed by atoms with Gasteiger partial charge in [-0.15, -0.1) is 0 Å². The molecule has 0 amide bonds.